The van der Waals surface area contributed by atoms with Crippen molar-refractivity contribution in [2.75, 3.05) is 39.3 Å². The summed E-state index contributed by atoms with van der Waals surface area (Å²) >= 11 is 0. The van der Waals surface area contributed by atoms with Gasteiger partial charge in [0.05, 0.1) is 41.5 Å². The van der Waals surface area contributed by atoms with Crippen LogP contribution in [0.4, 0.5) is 0 Å². The lowest BCUT2D eigenvalue weighted by Crippen LogP contribution is -2.45. The standard InChI is InChI=1S/C28H27N9O2/c29-16-19-5-6-21-23(15-19)36(18-32-21)27-31-17-24-26(33-27)37(22-7-14-39-25-4-2-1-3-20(22)25)28(38)35(24)13-12-34-10-8-30-9-11-34/h1-6,15,17-18,22,30H,7-14H2/t22-/m1/s1. The monoisotopic (exact) mass is 521 g/mol. The minimum Gasteiger partial charge on any atom is -0.493 e. The number of benzene rings is 2. The number of nitrogens with one attached hydrogen (secondary N) is 1. The third kappa shape index (κ3) is 4.05. The maximum atomic E-state index is 14.1. The smallest absolute Gasteiger partial charge is 0.330 e. The molecular weight excluding hydrogens is 494 g/mol. The van der Waals surface area contributed by atoms with Crippen LogP contribution in [0.5, 0.6) is 5.75 Å². The fourth-order valence-corrected chi connectivity index (χ4v) is 5.67. The summed E-state index contributed by atoms with van der Waals surface area (Å²) < 4.78 is 11.3. The van der Waals surface area contributed by atoms with E-state index in [2.05, 4.69) is 26.3 Å². The van der Waals surface area contributed by atoms with Crippen LogP contribution in [0, 0.1) is 11.3 Å². The highest BCUT2D eigenvalue weighted by Crippen LogP contribution is 2.35. The average molecular weight is 522 g/mol. The van der Waals surface area contributed by atoms with Crippen LogP contribution in [-0.2, 0) is 6.54 Å². The van der Waals surface area contributed by atoms with Gasteiger partial charge in [-0.15, -0.1) is 0 Å². The summed E-state index contributed by atoms with van der Waals surface area (Å²) in [6, 6.07) is 15.2. The van der Waals surface area contributed by atoms with Crippen LogP contribution in [0.25, 0.3) is 28.1 Å². The molecule has 2 aromatic carbocycles. The molecule has 0 bridgehead atoms. The Morgan fingerprint density at radius 2 is 1.95 bits per heavy atom. The molecule has 7 rings (SSSR count). The number of ether oxygens (including phenoxy) is 1. The lowest BCUT2D eigenvalue weighted by Gasteiger charge is -2.27. The van der Waals surface area contributed by atoms with Crippen LogP contribution in [0.1, 0.15) is 23.6 Å². The van der Waals surface area contributed by atoms with Gasteiger partial charge in [-0.3, -0.25) is 18.6 Å². The number of hydrogen-bond donors (Lipinski definition) is 1. The third-order valence-electron chi connectivity index (χ3n) is 7.67. The quantitative estimate of drug-likeness (QED) is 0.374. The molecule has 0 saturated carbocycles. The summed E-state index contributed by atoms with van der Waals surface area (Å²) in [6.45, 7) is 5.66. The zero-order valence-corrected chi connectivity index (χ0v) is 21.3. The number of piperazine rings is 1. The zero-order valence-electron chi connectivity index (χ0n) is 21.3. The molecule has 1 fully saturated rings. The molecule has 0 unspecified atom stereocenters. The van der Waals surface area contributed by atoms with E-state index in [1.54, 1.807) is 38.4 Å². The Morgan fingerprint density at radius 1 is 1.08 bits per heavy atom. The van der Waals surface area contributed by atoms with E-state index in [1.165, 1.54) is 0 Å². The van der Waals surface area contributed by atoms with Gasteiger partial charge in [0.25, 0.3) is 0 Å². The molecule has 1 N–H and O–H groups in total. The second kappa shape index (κ2) is 9.65. The summed E-state index contributed by atoms with van der Waals surface area (Å²) in [6.07, 6.45) is 4.05. The van der Waals surface area contributed by atoms with Gasteiger partial charge in [-0.25, -0.2) is 14.8 Å². The molecule has 2 aliphatic heterocycles. The van der Waals surface area contributed by atoms with E-state index in [9.17, 15) is 10.1 Å². The second-order valence-corrected chi connectivity index (χ2v) is 9.90. The molecule has 39 heavy (non-hydrogen) atoms. The van der Waals surface area contributed by atoms with Crippen molar-refractivity contribution in [3.05, 3.63) is 76.6 Å². The number of aromatic nitrogens is 6. The lowest BCUT2D eigenvalue weighted by molar-refractivity contribution is 0.231. The summed E-state index contributed by atoms with van der Waals surface area (Å²) in [5.41, 5.74) is 4.14. The van der Waals surface area contributed by atoms with Gasteiger partial charge in [0.1, 0.15) is 17.6 Å². The molecule has 196 valence electrons. The molecular formula is C28H27N9O2. The van der Waals surface area contributed by atoms with Gasteiger partial charge in [-0.05, 0) is 24.3 Å². The predicted octanol–water partition coefficient (Wildman–Crippen LogP) is 2.08. The fourth-order valence-electron chi connectivity index (χ4n) is 5.67. The predicted molar refractivity (Wildman–Crippen MR) is 145 cm³/mol. The number of rotatable bonds is 5. The molecule has 0 radical (unpaired) electrons. The van der Waals surface area contributed by atoms with Gasteiger partial charge in [0.2, 0.25) is 5.95 Å². The Morgan fingerprint density at radius 3 is 2.82 bits per heavy atom. The molecule has 1 atom stereocenters. The van der Waals surface area contributed by atoms with Gasteiger partial charge < -0.3 is 10.1 Å². The topological polar surface area (TPSA) is 119 Å². The van der Waals surface area contributed by atoms with Gasteiger partial charge in [-0.2, -0.15) is 10.2 Å². The van der Waals surface area contributed by atoms with Crippen molar-refractivity contribution in [2.45, 2.75) is 19.0 Å². The molecule has 0 spiro atoms. The highest BCUT2D eigenvalue weighted by atomic mass is 16.5. The minimum absolute atomic E-state index is 0.101. The molecule has 1 saturated heterocycles. The number of para-hydroxylation sites is 1. The maximum Gasteiger partial charge on any atom is 0.330 e. The highest BCUT2D eigenvalue weighted by molar-refractivity contribution is 5.79. The Bertz CT molecular complexity index is 1790. The molecule has 11 heteroatoms. The Hall–Kier alpha value is -4.53. The van der Waals surface area contributed by atoms with E-state index in [1.807, 2.05) is 30.3 Å². The first-order chi connectivity index (χ1) is 19.2. The minimum atomic E-state index is -0.210. The van der Waals surface area contributed by atoms with Crippen molar-refractivity contribution in [3.8, 4) is 17.8 Å². The van der Waals surface area contributed by atoms with Crippen LogP contribution >= 0.6 is 0 Å². The van der Waals surface area contributed by atoms with E-state index in [0.717, 1.165) is 55.1 Å². The molecule has 0 aliphatic carbocycles. The fraction of sp³-hybridized carbons (Fsp3) is 0.321. The van der Waals surface area contributed by atoms with E-state index in [0.29, 0.717) is 42.2 Å². The van der Waals surface area contributed by atoms with E-state index in [4.69, 9.17) is 9.72 Å². The molecule has 5 heterocycles. The van der Waals surface area contributed by atoms with Gasteiger partial charge in [0.15, 0.2) is 5.65 Å². The summed E-state index contributed by atoms with van der Waals surface area (Å²) in [5.74, 6) is 1.19. The largest absolute Gasteiger partial charge is 0.493 e. The number of fused-ring (bicyclic) bond motifs is 3. The van der Waals surface area contributed by atoms with E-state index < -0.39 is 0 Å². The average Bonchev–Trinajstić information content (AvgIpc) is 3.53. The SMILES string of the molecule is N#Cc1ccc2ncn(-c3ncc4c(n3)n([C@@H]3CCOc5ccccc53)c(=O)n4CCN3CCNCC3)c2c1. The summed E-state index contributed by atoms with van der Waals surface area (Å²) in [4.78, 5) is 30.6. The van der Waals surface area contributed by atoms with Crippen LogP contribution < -0.4 is 15.7 Å². The Kier molecular flexibility index (Phi) is 5.83. The Balaban J connectivity index is 1.39. The number of hydrogen-bond acceptors (Lipinski definition) is 8. The summed E-state index contributed by atoms with van der Waals surface area (Å²) in [5, 5.41) is 12.8. The third-order valence-corrected chi connectivity index (χ3v) is 7.67. The van der Waals surface area contributed by atoms with Crippen molar-refractivity contribution in [1.29, 1.82) is 5.26 Å². The first kappa shape index (κ1) is 23.6. The highest BCUT2D eigenvalue weighted by Gasteiger charge is 2.29. The number of imidazole rings is 2. The summed E-state index contributed by atoms with van der Waals surface area (Å²) in [7, 11) is 0. The molecule has 2 aliphatic rings. The lowest BCUT2D eigenvalue weighted by atomic mass is 10.0. The van der Waals surface area contributed by atoms with E-state index >= 15 is 0 Å². The van der Waals surface area contributed by atoms with Gasteiger partial charge in [-0.1, -0.05) is 18.2 Å². The first-order valence-electron chi connectivity index (χ1n) is 13.2. The van der Waals surface area contributed by atoms with Gasteiger partial charge >= 0.3 is 5.69 Å². The molecule has 0 amide bonds. The van der Waals surface area contributed by atoms with Crippen molar-refractivity contribution in [3.63, 3.8) is 0 Å². The second-order valence-electron chi connectivity index (χ2n) is 9.90. The zero-order chi connectivity index (χ0) is 26.3. The number of nitriles is 1. The maximum absolute atomic E-state index is 14.1. The molecule has 11 nitrogen and oxygen atoms in total. The number of nitrogens with zero attached hydrogens (tertiary/aromatic N) is 8. The van der Waals surface area contributed by atoms with Crippen LogP contribution in [0.3, 0.4) is 0 Å². The normalized spacial score (nSPS) is 17.7. The van der Waals surface area contributed by atoms with Crippen LogP contribution in [0.15, 0.2) is 59.8 Å². The van der Waals surface area contributed by atoms with Crippen molar-refractivity contribution in [1.82, 2.24) is 38.9 Å². The van der Waals surface area contributed by atoms with Crippen molar-refractivity contribution < 1.29 is 4.74 Å². The Labute approximate surface area is 223 Å². The van der Waals surface area contributed by atoms with Crippen molar-refractivity contribution >= 4 is 22.2 Å². The molecule has 5 aromatic rings. The first-order valence-corrected chi connectivity index (χ1v) is 13.2. The van der Waals surface area contributed by atoms with Crippen molar-refractivity contribution in [2.24, 2.45) is 0 Å². The molecule has 3 aromatic heterocycles. The van der Waals surface area contributed by atoms with Crippen LogP contribution in [-0.4, -0.2) is 72.9 Å². The van der Waals surface area contributed by atoms with Crippen LogP contribution in [0.2, 0.25) is 0 Å². The van der Waals surface area contributed by atoms with E-state index in [-0.39, 0.29) is 11.7 Å². The van der Waals surface area contributed by atoms with Gasteiger partial charge in [0, 0.05) is 51.3 Å².